The fourth-order valence-electron chi connectivity index (χ4n) is 3.81. The van der Waals surface area contributed by atoms with Crippen LogP contribution in [0.1, 0.15) is 37.3 Å². The van der Waals surface area contributed by atoms with Crippen molar-refractivity contribution in [3.8, 4) is 11.5 Å². The predicted molar refractivity (Wildman–Crippen MR) is 117 cm³/mol. The van der Waals surface area contributed by atoms with Crippen LogP contribution in [0, 0.1) is 23.0 Å². The number of nitrogens with zero attached hydrogens (tertiary/aromatic N) is 5. The van der Waals surface area contributed by atoms with E-state index in [1.54, 1.807) is 18.3 Å². The molecule has 166 valence electrons. The van der Waals surface area contributed by atoms with Gasteiger partial charge in [0.05, 0.1) is 16.9 Å². The number of aryl methyl sites for hydroxylation is 1. The summed E-state index contributed by atoms with van der Waals surface area (Å²) in [6, 6.07) is 9.56. The number of carbonyl (C=O) groups excluding carboxylic acids is 1. The monoisotopic (exact) mass is 436 g/mol. The van der Waals surface area contributed by atoms with E-state index in [1.807, 2.05) is 26.0 Å². The molecule has 0 radical (unpaired) electrons. The number of aromatic nitrogens is 3. The molecule has 0 aliphatic carbocycles. The Morgan fingerprint density at radius 1 is 1.28 bits per heavy atom. The maximum Gasteiger partial charge on any atom is 0.269 e. The Balaban J connectivity index is 1.42. The molecule has 1 aromatic carbocycles. The van der Waals surface area contributed by atoms with Crippen LogP contribution in [-0.4, -0.2) is 44.0 Å². The fourth-order valence-corrected chi connectivity index (χ4v) is 3.81. The first-order chi connectivity index (χ1) is 15.4. The van der Waals surface area contributed by atoms with Crippen molar-refractivity contribution in [2.45, 2.75) is 32.7 Å². The zero-order valence-corrected chi connectivity index (χ0v) is 17.9. The largest absolute Gasteiger partial charge is 0.419 e. The van der Waals surface area contributed by atoms with Gasteiger partial charge in [0, 0.05) is 30.4 Å². The van der Waals surface area contributed by atoms with Gasteiger partial charge in [0.25, 0.3) is 5.69 Å². The van der Waals surface area contributed by atoms with Crippen molar-refractivity contribution in [1.82, 2.24) is 20.1 Å². The molecule has 2 aromatic heterocycles. The van der Waals surface area contributed by atoms with E-state index in [2.05, 4.69) is 25.4 Å². The minimum atomic E-state index is -0.455. The number of likely N-dealkylation sites (tertiary alicyclic amines) is 1. The molecule has 1 aliphatic heterocycles. The summed E-state index contributed by atoms with van der Waals surface area (Å²) in [7, 11) is 0. The molecule has 3 heterocycles. The number of hydrogen-bond donors (Lipinski definition) is 1. The number of pyridine rings is 1. The molecule has 0 spiro atoms. The van der Waals surface area contributed by atoms with Crippen molar-refractivity contribution in [1.29, 1.82) is 0 Å². The van der Waals surface area contributed by atoms with E-state index in [0.29, 0.717) is 29.7 Å². The Hall–Kier alpha value is -3.66. The van der Waals surface area contributed by atoms with Crippen LogP contribution in [0.2, 0.25) is 0 Å². The van der Waals surface area contributed by atoms with Gasteiger partial charge >= 0.3 is 0 Å². The molecule has 1 N–H and O–H groups in total. The Labute approximate surface area is 184 Å². The minimum Gasteiger partial charge on any atom is -0.419 e. The van der Waals surface area contributed by atoms with Gasteiger partial charge in [0.1, 0.15) is 5.82 Å². The second-order valence-electron chi connectivity index (χ2n) is 7.92. The van der Waals surface area contributed by atoms with Crippen LogP contribution in [0.3, 0.4) is 0 Å². The molecule has 4 rings (SSSR count). The first-order valence-corrected chi connectivity index (χ1v) is 10.5. The van der Waals surface area contributed by atoms with Crippen LogP contribution >= 0.6 is 0 Å². The molecule has 32 heavy (non-hydrogen) atoms. The van der Waals surface area contributed by atoms with Crippen LogP contribution in [-0.2, 0) is 4.79 Å². The molecule has 10 heteroatoms. The summed E-state index contributed by atoms with van der Waals surface area (Å²) in [4.78, 5) is 29.6. The van der Waals surface area contributed by atoms with E-state index in [9.17, 15) is 14.9 Å². The standard InChI is InChI=1S/C22H24N6O4/c1-14-5-3-11-23-19(14)24-20(29)17-6-4-12-27(13-17)15(2)21-25-26-22(32-21)16-7-9-18(10-8-16)28(30)31/h3,5,7-11,15,17H,4,6,12-13H2,1-2H3,(H,23,24,29)/t15-,17-/m0/s1. The maximum atomic E-state index is 12.8. The number of anilines is 1. The molecule has 0 saturated carbocycles. The smallest absolute Gasteiger partial charge is 0.269 e. The molecule has 1 saturated heterocycles. The average molecular weight is 436 g/mol. The van der Waals surface area contributed by atoms with Crippen molar-refractivity contribution in [3.63, 3.8) is 0 Å². The van der Waals surface area contributed by atoms with Crippen LogP contribution in [0.15, 0.2) is 47.0 Å². The average Bonchev–Trinajstić information content (AvgIpc) is 3.30. The van der Waals surface area contributed by atoms with Crippen molar-refractivity contribution in [3.05, 3.63) is 64.2 Å². The highest BCUT2D eigenvalue weighted by molar-refractivity contribution is 5.92. The Morgan fingerprint density at radius 3 is 2.78 bits per heavy atom. The van der Waals surface area contributed by atoms with Gasteiger partial charge in [-0.05, 0) is 57.0 Å². The summed E-state index contributed by atoms with van der Waals surface area (Å²) < 4.78 is 5.85. The molecule has 1 amide bonds. The maximum absolute atomic E-state index is 12.8. The Morgan fingerprint density at radius 2 is 2.06 bits per heavy atom. The molecule has 10 nitrogen and oxygen atoms in total. The van der Waals surface area contributed by atoms with Gasteiger partial charge < -0.3 is 9.73 Å². The summed E-state index contributed by atoms with van der Waals surface area (Å²) in [5.41, 5.74) is 1.54. The number of non-ortho nitro benzene ring substituents is 1. The van der Waals surface area contributed by atoms with Gasteiger partial charge in [0.2, 0.25) is 17.7 Å². The zero-order valence-electron chi connectivity index (χ0n) is 17.9. The lowest BCUT2D eigenvalue weighted by molar-refractivity contribution is -0.384. The van der Waals surface area contributed by atoms with E-state index in [0.717, 1.165) is 24.9 Å². The third-order valence-corrected chi connectivity index (χ3v) is 5.75. The molecule has 0 unspecified atom stereocenters. The molecule has 0 bridgehead atoms. The van der Waals surface area contributed by atoms with Gasteiger partial charge in [-0.2, -0.15) is 0 Å². The summed E-state index contributed by atoms with van der Waals surface area (Å²) in [5, 5.41) is 22.0. The summed E-state index contributed by atoms with van der Waals surface area (Å²) in [6.07, 6.45) is 3.35. The summed E-state index contributed by atoms with van der Waals surface area (Å²) >= 11 is 0. The van der Waals surface area contributed by atoms with E-state index in [1.165, 1.54) is 12.1 Å². The SMILES string of the molecule is Cc1cccnc1NC(=O)[C@H]1CCCN([C@@H](C)c2nnc(-c3ccc([N+](=O)[O-])cc3)o2)C1. The highest BCUT2D eigenvalue weighted by Crippen LogP contribution is 2.29. The topological polar surface area (TPSA) is 127 Å². The molecule has 2 atom stereocenters. The van der Waals surface area contributed by atoms with E-state index < -0.39 is 4.92 Å². The Kier molecular flexibility index (Phi) is 6.22. The van der Waals surface area contributed by atoms with Crippen LogP contribution in [0.5, 0.6) is 0 Å². The quantitative estimate of drug-likeness (QED) is 0.457. The number of nitro benzene ring substituents is 1. The Bertz CT molecular complexity index is 1110. The fraction of sp³-hybridized carbons (Fsp3) is 0.364. The van der Waals surface area contributed by atoms with Crippen molar-refractivity contribution >= 4 is 17.4 Å². The lowest BCUT2D eigenvalue weighted by atomic mass is 9.96. The van der Waals surface area contributed by atoms with Gasteiger partial charge in [-0.25, -0.2) is 4.98 Å². The lowest BCUT2D eigenvalue weighted by Gasteiger charge is -2.34. The number of hydrogen-bond acceptors (Lipinski definition) is 8. The van der Waals surface area contributed by atoms with Crippen molar-refractivity contribution in [2.24, 2.45) is 5.92 Å². The van der Waals surface area contributed by atoms with Gasteiger partial charge in [-0.1, -0.05) is 6.07 Å². The zero-order chi connectivity index (χ0) is 22.7. The first-order valence-electron chi connectivity index (χ1n) is 10.5. The van der Waals surface area contributed by atoms with Crippen LogP contribution in [0.4, 0.5) is 11.5 Å². The van der Waals surface area contributed by atoms with Crippen LogP contribution in [0.25, 0.3) is 11.5 Å². The lowest BCUT2D eigenvalue weighted by Crippen LogP contribution is -2.42. The second-order valence-corrected chi connectivity index (χ2v) is 7.92. The number of benzene rings is 1. The van der Waals surface area contributed by atoms with Crippen molar-refractivity contribution < 1.29 is 14.1 Å². The number of carbonyl (C=O) groups is 1. The molecule has 1 aliphatic rings. The van der Waals surface area contributed by atoms with E-state index >= 15 is 0 Å². The third kappa shape index (κ3) is 4.65. The number of nitro groups is 1. The highest BCUT2D eigenvalue weighted by Gasteiger charge is 2.31. The summed E-state index contributed by atoms with van der Waals surface area (Å²) in [6.45, 7) is 5.28. The van der Waals surface area contributed by atoms with Crippen LogP contribution < -0.4 is 5.32 Å². The third-order valence-electron chi connectivity index (χ3n) is 5.75. The van der Waals surface area contributed by atoms with E-state index in [4.69, 9.17) is 4.42 Å². The first kappa shape index (κ1) is 21.6. The highest BCUT2D eigenvalue weighted by atomic mass is 16.6. The van der Waals surface area contributed by atoms with Gasteiger partial charge in [-0.3, -0.25) is 19.8 Å². The molecular weight excluding hydrogens is 412 g/mol. The molecular formula is C22H24N6O4. The number of amides is 1. The number of piperidine rings is 1. The van der Waals surface area contributed by atoms with Crippen molar-refractivity contribution in [2.75, 3.05) is 18.4 Å². The molecule has 1 fully saturated rings. The minimum absolute atomic E-state index is 0.000360. The second kappa shape index (κ2) is 9.23. The van der Waals surface area contributed by atoms with E-state index in [-0.39, 0.29) is 23.6 Å². The molecule has 3 aromatic rings. The normalized spacial score (nSPS) is 17.6. The summed E-state index contributed by atoms with van der Waals surface area (Å²) in [5.74, 6) is 1.14. The number of rotatable bonds is 6. The van der Waals surface area contributed by atoms with Gasteiger partial charge in [-0.15, -0.1) is 10.2 Å². The van der Waals surface area contributed by atoms with Gasteiger partial charge in [0.15, 0.2) is 0 Å². The number of nitrogens with one attached hydrogen (secondary N) is 1. The predicted octanol–water partition coefficient (Wildman–Crippen LogP) is 3.76.